The molecule has 1 rings (SSSR count). The average Bonchev–Trinajstić information content (AvgIpc) is 2.32. The van der Waals surface area contributed by atoms with Crippen LogP contribution in [0.5, 0.6) is 5.75 Å². The largest absolute Gasteiger partial charge is 0.492 e. The van der Waals surface area contributed by atoms with E-state index in [9.17, 15) is 4.39 Å². The fourth-order valence-corrected chi connectivity index (χ4v) is 1.52. The first-order valence-electron chi connectivity index (χ1n) is 5.51. The fraction of sp³-hybridized carbons (Fsp3) is 0.500. The predicted molar refractivity (Wildman–Crippen MR) is 69.0 cm³/mol. The Hall–Kier alpha value is -0.650. The van der Waals surface area contributed by atoms with Crippen molar-refractivity contribution < 1.29 is 13.9 Å². The van der Waals surface area contributed by atoms with Crippen LogP contribution < -0.4 is 10.1 Å². The maximum Gasteiger partial charge on any atom is 0.141 e. The van der Waals surface area contributed by atoms with Gasteiger partial charge in [0.2, 0.25) is 0 Å². The zero-order valence-electron chi connectivity index (χ0n) is 9.84. The maximum atomic E-state index is 13.1. The zero-order chi connectivity index (χ0) is 12.5. The van der Waals surface area contributed by atoms with Crippen molar-refractivity contribution in [2.75, 3.05) is 33.4 Å². The molecule has 0 atom stereocenters. The smallest absolute Gasteiger partial charge is 0.141 e. The van der Waals surface area contributed by atoms with Crippen LogP contribution in [0.2, 0.25) is 0 Å². The molecule has 1 aromatic rings. The molecule has 0 spiro atoms. The van der Waals surface area contributed by atoms with Gasteiger partial charge in [-0.2, -0.15) is 0 Å². The second-order valence-electron chi connectivity index (χ2n) is 3.52. The molecule has 96 valence electrons. The third-order valence-corrected chi connectivity index (χ3v) is 2.78. The highest BCUT2D eigenvalue weighted by atomic mass is 79.9. The van der Waals surface area contributed by atoms with Gasteiger partial charge in [0.25, 0.3) is 0 Å². The van der Waals surface area contributed by atoms with E-state index in [1.807, 2.05) is 0 Å². The molecule has 0 amide bonds. The number of ether oxygens (including phenoxy) is 2. The third-order valence-electron chi connectivity index (χ3n) is 2.14. The molecular formula is C12H17BrFNO2. The number of hydrogen-bond donors (Lipinski definition) is 1. The summed E-state index contributed by atoms with van der Waals surface area (Å²) in [6.45, 7) is 2.91. The van der Waals surface area contributed by atoms with E-state index in [1.165, 1.54) is 6.07 Å². The normalized spacial score (nSPS) is 10.5. The first kappa shape index (κ1) is 14.4. The van der Waals surface area contributed by atoms with Gasteiger partial charge in [-0.05, 0) is 41.0 Å². The van der Waals surface area contributed by atoms with Crippen LogP contribution in [0.1, 0.15) is 6.42 Å². The highest BCUT2D eigenvalue weighted by Crippen LogP contribution is 2.20. The maximum absolute atomic E-state index is 13.1. The van der Waals surface area contributed by atoms with Crippen molar-refractivity contribution in [3.8, 4) is 5.75 Å². The second kappa shape index (κ2) is 8.44. The van der Waals surface area contributed by atoms with Gasteiger partial charge in [0, 0.05) is 26.3 Å². The molecule has 1 N–H and O–H groups in total. The standard InChI is InChI=1S/C12H17BrFNO2/c1-16-7-2-5-15-6-8-17-10-3-4-11(13)12(14)9-10/h3-4,9,15H,2,5-8H2,1H3. The SMILES string of the molecule is COCCCNCCOc1ccc(Br)c(F)c1. The molecular weight excluding hydrogens is 289 g/mol. The molecule has 0 fully saturated rings. The number of benzene rings is 1. The molecule has 3 nitrogen and oxygen atoms in total. The van der Waals surface area contributed by atoms with Gasteiger partial charge < -0.3 is 14.8 Å². The summed E-state index contributed by atoms with van der Waals surface area (Å²) in [6, 6.07) is 4.74. The molecule has 0 saturated carbocycles. The highest BCUT2D eigenvalue weighted by molar-refractivity contribution is 9.10. The Morgan fingerprint density at radius 3 is 2.82 bits per heavy atom. The van der Waals surface area contributed by atoms with E-state index >= 15 is 0 Å². The minimum Gasteiger partial charge on any atom is -0.492 e. The Balaban J connectivity index is 2.11. The van der Waals surface area contributed by atoms with Crippen LogP contribution in [0.15, 0.2) is 22.7 Å². The molecule has 0 unspecified atom stereocenters. The summed E-state index contributed by atoms with van der Waals surface area (Å²) in [7, 11) is 1.69. The van der Waals surface area contributed by atoms with Crippen molar-refractivity contribution in [1.82, 2.24) is 5.32 Å². The lowest BCUT2D eigenvalue weighted by molar-refractivity contribution is 0.193. The van der Waals surface area contributed by atoms with Gasteiger partial charge in [-0.3, -0.25) is 0 Å². The molecule has 0 aliphatic rings. The topological polar surface area (TPSA) is 30.5 Å². The lowest BCUT2D eigenvalue weighted by Gasteiger charge is -2.07. The molecule has 0 saturated heterocycles. The van der Waals surface area contributed by atoms with Crippen LogP contribution in [0.3, 0.4) is 0 Å². The van der Waals surface area contributed by atoms with E-state index < -0.39 is 0 Å². The lowest BCUT2D eigenvalue weighted by Crippen LogP contribution is -2.22. The summed E-state index contributed by atoms with van der Waals surface area (Å²) >= 11 is 3.09. The Morgan fingerprint density at radius 2 is 2.12 bits per heavy atom. The van der Waals surface area contributed by atoms with Crippen LogP contribution in [0, 0.1) is 5.82 Å². The highest BCUT2D eigenvalue weighted by Gasteiger charge is 2.00. The van der Waals surface area contributed by atoms with Crippen molar-refractivity contribution in [3.05, 3.63) is 28.5 Å². The Morgan fingerprint density at radius 1 is 1.29 bits per heavy atom. The number of methoxy groups -OCH3 is 1. The van der Waals surface area contributed by atoms with Gasteiger partial charge in [0.05, 0.1) is 4.47 Å². The molecule has 1 aromatic carbocycles. The van der Waals surface area contributed by atoms with Crippen molar-refractivity contribution in [3.63, 3.8) is 0 Å². The Kier molecular flexibility index (Phi) is 7.16. The first-order valence-corrected chi connectivity index (χ1v) is 6.31. The first-order chi connectivity index (χ1) is 8.24. The number of hydrogen-bond acceptors (Lipinski definition) is 3. The number of rotatable bonds is 8. The van der Waals surface area contributed by atoms with Crippen molar-refractivity contribution in [1.29, 1.82) is 0 Å². The van der Waals surface area contributed by atoms with Crippen LogP contribution >= 0.6 is 15.9 Å². The van der Waals surface area contributed by atoms with Crippen LogP contribution in [0.25, 0.3) is 0 Å². The van der Waals surface area contributed by atoms with Gasteiger partial charge in [-0.25, -0.2) is 4.39 Å². The van der Waals surface area contributed by atoms with Crippen molar-refractivity contribution in [2.24, 2.45) is 0 Å². The monoisotopic (exact) mass is 305 g/mol. The third kappa shape index (κ3) is 6.00. The van der Waals surface area contributed by atoms with E-state index in [0.717, 1.165) is 26.1 Å². The molecule has 0 aliphatic heterocycles. The van der Waals surface area contributed by atoms with Crippen LogP contribution in [-0.2, 0) is 4.74 Å². The summed E-state index contributed by atoms with van der Waals surface area (Å²) < 4.78 is 23.9. The summed E-state index contributed by atoms with van der Waals surface area (Å²) in [4.78, 5) is 0. The summed E-state index contributed by atoms with van der Waals surface area (Å²) in [6.07, 6.45) is 0.976. The second-order valence-corrected chi connectivity index (χ2v) is 4.38. The number of halogens is 2. The zero-order valence-corrected chi connectivity index (χ0v) is 11.4. The van der Waals surface area contributed by atoms with Crippen LogP contribution in [0.4, 0.5) is 4.39 Å². The molecule has 5 heteroatoms. The molecule has 17 heavy (non-hydrogen) atoms. The van der Waals surface area contributed by atoms with Crippen LogP contribution in [-0.4, -0.2) is 33.4 Å². The molecule has 0 radical (unpaired) electrons. The van der Waals surface area contributed by atoms with E-state index in [4.69, 9.17) is 9.47 Å². The molecule has 0 heterocycles. The fourth-order valence-electron chi connectivity index (χ4n) is 1.27. The molecule has 0 bridgehead atoms. The van der Waals surface area contributed by atoms with Crippen molar-refractivity contribution >= 4 is 15.9 Å². The van der Waals surface area contributed by atoms with Gasteiger partial charge in [0.15, 0.2) is 0 Å². The number of nitrogens with one attached hydrogen (secondary N) is 1. The lowest BCUT2D eigenvalue weighted by atomic mass is 10.3. The Bertz CT molecular complexity index is 336. The van der Waals surface area contributed by atoms with Gasteiger partial charge in [-0.1, -0.05) is 0 Å². The van der Waals surface area contributed by atoms with E-state index in [2.05, 4.69) is 21.2 Å². The Labute approximate surface area is 109 Å². The molecule has 0 aromatic heterocycles. The summed E-state index contributed by atoms with van der Waals surface area (Å²) in [5.74, 6) is 0.236. The van der Waals surface area contributed by atoms with Gasteiger partial charge in [0.1, 0.15) is 18.2 Å². The summed E-state index contributed by atoms with van der Waals surface area (Å²) in [5.41, 5.74) is 0. The van der Waals surface area contributed by atoms with Gasteiger partial charge >= 0.3 is 0 Å². The quantitative estimate of drug-likeness (QED) is 0.749. The van der Waals surface area contributed by atoms with E-state index in [-0.39, 0.29) is 5.82 Å². The van der Waals surface area contributed by atoms with E-state index in [1.54, 1.807) is 19.2 Å². The average molecular weight is 306 g/mol. The minimum atomic E-state index is -0.310. The van der Waals surface area contributed by atoms with Gasteiger partial charge in [-0.15, -0.1) is 0 Å². The van der Waals surface area contributed by atoms with E-state index in [0.29, 0.717) is 16.8 Å². The molecule has 0 aliphatic carbocycles. The minimum absolute atomic E-state index is 0.310. The summed E-state index contributed by atoms with van der Waals surface area (Å²) in [5, 5.41) is 3.21. The predicted octanol–water partition coefficient (Wildman–Crippen LogP) is 2.59. The van der Waals surface area contributed by atoms with Crippen molar-refractivity contribution in [2.45, 2.75) is 6.42 Å².